The van der Waals surface area contributed by atoms with Crippen molar-refractivity contribution in [3.63, 3.8) is 0 Å². The summed E-state index contributed by atoms with van der Waals surface area (Å²) in [5.41, 5.74) is 0.464. The Balaban J connectivity index is 1.80. The van der Waals surface area contributed by atoms with Gasteiger partial charge in [0, 0.05) is 25.2 Å². The Hall–Kier alpha value is -2.54. The summed E-state index contributed by atoms with van der Waals surface area (Å²) in [5.74, 6) is 1.13. The molecule has 8 nitrogen and oxygen atoms in total. The Labute approximate surface area is 167 Å². The van der Waals surface area contributed by atoms with Crippen LogP contribution in [0.5, 0.6) is 11.5 Å². The number of hydrogen-bond acceptors (Lipinski definition) is 8. The zero-order valence-corrected chi connectivity index (χ0v) is 16.7. The number of morpholine rings is 1. The number of nitriles is 1. The average molecular weight is 402 g/mol. The third-order valence-corrected chi connectivity index (χ3v) is 4.99. The lowest BCUT2D eigenvalue weighted by molar-refractivity contribution is 0.0321. The van der Waals surface area contributed by atoms with E-state index < -0.39 is 5.56 Å². The fourth-order valence-corrected chi connectivity index (χ4v) is 3.28. The molecule has 0 radical (unpaired) electrons. The van der Waals surface area contributed by atoms with Crippen molar-refractivity contribution in [3.05, 3.63) is 34.1 Å². The van der Waals surface area contributed by atoms with Crippen molar-refractivity contribution in [2.75, 3.05) is 52.8 Å². The van der Waals surface area contributed by atoms with E-state index in [9.17, 15) is 10.1 Å². The van der Waals surface area contributed by atoms with Crippen LogP contribution in [-0.2, 0) is 4.74 Å². The molecule has 1 aliphatic rings. The number of benzene rings is 1. The first-order valence-corrected chi connectivity index (χ1v) is 10.1. The standard InChI is InChI=1S/C19H22N4O4S/c1-25-16-11-13(17-14(12-20)18(24)22-19(21-17)28-2)3-4-15(16)27-10-7-23-5-8-26-9-6-23/h3-4,11H,5-10H2,1-2H3,(H,21,22,24). The molecule has 28 heavy (non-hydrogen) atoms. The van der Waals surface area contributed by atoms with Crippen LogP contribution in [0, 0.1) is 11.3 Å². The zero-order chi connectivity index (χ0) is 19.9. The van der Waals surface area contributed by atoms with E-state index >= 15 is 0 Å². The van der Waals surface area contributed by atoms with Crippen molar-refractivity contribution in [3.8, 4) is 28.8 Å². The first-order chi connectivity index (χ1) is 13.7. The number of nitrogens with one attached hydrogen (secondary N) is 1. The Kier molecular flexibility index (Phi) is 6.92. The average Bonchev–Trinajstić information content (AvgIpc) is 2.74. The number of methoxy groups -OCH3 is 1. The van der Waals surface area contributed by atoms with Crippen LogP contribution in [0.15, 0.2) is 28.2 Å². The summed E-state index contributed by atoms with van der Waals surface area (Å²) in [6.07, 6.45) is 1.81. The van der Waals surface area contributed by atoms with Gasteiger partial charge in [-0.2, -0.15) is 5.26 Å². The molecular weight excluding hydrogens is 380 g/mol. The molecule has 3 rings (SSSR count). The third-order valence-electron chi connectivity index (χ3n) is 4.41. The molecule has 2 aromatic rings. The van der Waals surface area contributed by atoms with Gasteiger partial charge in [-0.25, -0.2) is 4.98 Å². The second-order valence-electron chi connectivity index (χ2n) is 6.08. The lowest BCUT2D eigenvalue weighted by atomic mass is 10.1. The van der Waals surface area contributed by atoms with Crippen LogP contribution in [0.3, 0.4) is 0 Å². The van der Waals surface area contributed by atoms with Gasteiger partial charge in [-0.1, -0.05) is 11.8 Å². The summed E-state index contributed by atoms with van der Waals surface area (Å²) in [6, 6.07) is 7.22. The van der Waals surface area contributed by atoms with Crippen molar-refractivity contribution in [2.24, 2.45) is 0 Å². The number of rotatable bonds is 7. The van der Waals surface area contributed by atoms with Crippen LogP contribution >= 0.6 is 11.8 Å². The number of nitrogens with zero attached hydrogens (tertiary/aromatic N) is 3. The molecule has 0 atom stereocenters. The normalized spacial score (nSPS) is 14.5. The van der Waals surface area contributed by atoms with E-state index in [1.807, 2.05) is 6.07 Å². The molecule has 0 aliphatic carbocycles. The molecule has 0 amide bonds. The minimum Gasteiger partial charge on any atom is -0.493 e. The van der Waals surface area contributed by atoms with Gasteiger partial charge >= 0.3 is 0 Å². The predicted octanol–water partition coefficient (Wildman–Crippen LogP) is 1.75. The molecule has 2 heterocycles. The SMILES string of the molecule is COc1cc(-c2nc(SC)[nH]c(=O)c2C#N)ccc1OCCN1CCOCC1. The summed E-state index contributed by atoms with van der Waals surface area (Å²) in [4.78, 5) is 21.4. The van der Waals surface area contributed by atoms with E-state index in [-0.39, 0.29) is 5.56 Å². The summed E-state index contributed by atoms with van der Waals surface area (Å²) >= 11 is 1.30. The molecule has 148 valence electrons. The highest BCUT2D eigenvalue weighted by atomic mass is 32.2. The van der Waals surface area contributed by atoms with E-state index in [0.29, 0.717) is 34.5 Å². The molecule has 9 heteroatoms. The molecule has 0 bridgehead atoms. The van der Waals surface area contributed by atoms with Crippen LogP contribution in [0.1, 0.15) is 5.56 Å². The van der Waals surface area contributed by atoms with Gasteiger partial charge < -0.3 is 19.2 Å². The molecule has 1 aliphatic heterocycles. The highest BCUT2D eigenvalue weighted by molar-refractivity contribution is 7.98. The van der Waals surface area contributed by atoms with Gasteiger partial charge in [-0.3, -0.25) is 9.69 Å². The van der Waals surface area contributed by atoms with Gasteiger partial charge in [0.15, 0.2) is 16.7 Å². The summed E-state index contributed by atoms with van der Waals surface area (Å²) < 4.78 is 16.7. The minimum absolute atomic E-state index is 0.0270. The van der Waals surface area contributed by atoms with E-state index in [1.165, 1.54) is 11.8 Å². The minimum atomic E-state index is -0.457. The third kappa shape index (κ3) is 4.65. The largest absolute Gasteiger partial charge is 0.493 e. The van der Waals surface area contributed by atoms with Crippen LogP contribution in [0.4, 0.5) is 0 Å². The van der Waals surface area contributed by atoms with Crippen molar-refractivity contribution in [1.29, 1.82) is 5.26 Å². The highest BCUT2D eigenvalue weighted by Gasteiger charge is 2.16. The number of H-pyrrole nitrogens is 1. The molecule has 0 unspecified atom stereocenters. The molecule has 1 aromatic carbocycles. The monoisotopic (exact) mass is 402 g/mol. The predicted molar refractivity (Wildman–Crippen MR) is 106 cm³/mol. The van der Waals surface area contributed by atoms with Gasteiger partial charge in [-0.05, 0) is 24.5 Å². The van der Waals surface area contributed by atoms with E-state index in [1.54, 1.807) is 31.6 Å². The molecule has 1 fully saturated rings. The lowest BCUT2D eigenvalue weighted by Gasteiger charge is -2.26. The first-order valence-electron chi connectivity index (χ1n) is 8.86. The molecule has 1 N–H and O–H groups in total. The van der Waals surface area contributed by atoms with Crippen LogP contribution in [-0.4, -0.2) is 67.7 Å². The topological polar surface area (TPSA) is 100 Å². The Morgan fingerprint density at radius 2 is 2.14 bits per heavy atom. The first kappa shape index (κ1) is 20.2. The van der Waals surface area contributed by atoms with Crippen molar-refractivity contribution in [1.82, 2.24) is 14.9 Å². The summed E-state index contributed by atoms with van der Waals surface area (Å²) in [5, 5.41) is 9.81. The summed E-state index contributed by atoms with van der Waals surface area (Å²) in [7, 11) is 1.55. The number of thioether (sulfide) groups is 1. The van der Waals surface area contributed by atoms with Gasteiger partial charge in [-0.15, -0.1) is 0 Å². The number of ether oxygens (including phenoxy) is 3. The van der Waals surface area contributed by atoms with Crippen LogP contribution < -0.4 is 15.0 Å². The molecule has 1 aromatic heterocycles. The van der Waals surface area contributed by atoms with Gasteiger partial charge in [0.05, 0.1) is 26.0 Å². The molecule has 1 saturated heterocycles. The van der Waals surface area contributed by atoms with Gasteiger partial charge in [0.25, 0.3) is 5.56 Å². The van der Waals surface area contributed by atoms with Crippen molar-refractivity contribution >= 4 is 11.8 Å². The Morgan fingerprint density at radius 3 is 2.82 bits per heavy atom. The Bertz CT molecular complexity index is 919. The number of hydrogen-bond donors (Lipinski definition) is 1. The molecule has 0 spiro atoms. The lowest BCUT2D eigenvalue weighted by Crippen LogP contribution is -2.38. The second kappa shape index (κ2) is 9.59. The molecule has 0 saturated carbocycles. The maximum atomic E-state index is 12.1. The smallest absolute Gasteiger partial charge is 0.270 e. The maximum Gasteiger partial charge on any atom is 0.270 e. The zero-order valence-electron chi connectivity index (χ0n) is 15.9. The van der Waals surface area contributed by atoms with E-state index in [4.69, 9.17) is 14.2 Å². The van der Waals surface area contributed by atoms with Crippen LogP contribution in [0.2, 0.25) is 0 Å². The van der Waals surface area contributed by atoms with Gasteiger partial charge in [0.2, 0.25) is 0 Å². The fourth-order valence-electron chi connectivity index (χ4n) is 2.91. The maximum absolute atomic E-state index is 12.1. The molecular formula is C19H22N4O4S. The van der Waals surface area contributed by atoms with Gasteiger partial charge in [0.1, 0.15) is 18.2 Å². The van der Waals surface area contributed by atoms with Crippen molar-refractivity contribution < 1.29 is 14.2 Å². The van der Waals surface area contributed by atoms with E-state index in [0.717, 1.165) is 32.8 Å². The summed E-state index contributed by atoms with van der Waals surface area (Å²) in [6.45, 7) is 4.64. The fraction of sp³-hybridized carbons (Fsp3) is 0.421. The highest BCUT2D eigenvalue weighted by Crippen LogP contribution is 2.33. The van der Waals surface area contributed by atoms with E-state index in [2.05, 4.69) is 14.9 Å². The second-order valence-corrected chi connectivity index (χ2v) is 6.87. The number of aromatic nitrogens is 2. The quantitative estimate of drug-likeness (QED) is 0.552. The van der Waals surface area contributed by atoms with Crippen LogP contribution in [0.25, 0.3) is 11.3 Å². The Morgan fingerprint density at radius 1 is 1.36 bits per heavy atom. The van der Waals surface area contributed by atoms with Crippen molar-refractivity contribution in [2.45, 2.75) is 5.16 Å². The number of aromatic amines is 1.